The van der Waals surface area contributed by atoms with Gasteiger partial charge < -0.3 is 24.4 Å². The van der Waals surface area contributed by atoms with Crippen LogP contribution in [0, 0.1) is 0 Å². The van der Waals surface area contributed by atoms with Crippen LogP contribution in [0.5, 0.6) is 11.5 Å². The number of rotatable bonds is 9. The van der Waals surface area contributed by atoms with Crippen molar-refractivity contribution in [2.45, 2.75) is 25.5 Å². The number of carbonyl (C=O) groups is 4. The summed E-state index contributed by atoms with van der Waals surface area (Å²) in [5.74, 6) is -0.491. The Kier molecular flexibility index (Phi) is 7.54. The second-order valence-electron chi connectivity index (χ2n) is 8.86. The summed E-state index contributed by atoms with van der Waals surface area (Å²) >= 11 is 0. The van der Waals surface area contributed by atoms with E-state index in [0.29, 0.717) is 23.7 Å². The van der Waals surface area contributed by atoms with Gasteiger partial charge >= 0.3 is 0 Å². The summed E-state index contributed by atoms with van der Waals surface area (Å²) in [5.41, 5.74) is 1.55. The maximum atomic E-state index is 12.9. The van der Waals surface area contributed by atoms with Gasteiger partial charge in [-0.25, -0.2) is 0 Å². The second kappa shape index (κ2) is 10.8. The Morgan fingerprint density at radius 1 is 1.08 bits per heavy atom. The smallest absolute Gasteiger partial charge is 0.261 e. The fraction of sp³-hybridized carbons (Fsp3) is 0.385. The fourth-order valence-corrected chi connectivity index (χ4v) is 4.08. The molecule has 2 aliphatic heterocycles. The van der Waals surface area contributed by atoms with Crippen molar-refractivity contribution < 1.29 is 33.4 Å². The van der Waals surface area contributed by atoms with E-state index in [2.05, 4.69) is 5.32 Å². The SMILES string of the molecule is COc1cc(CNC(=O)c2ccc3c(c2)C(=O)N(CC2CCCO2)C3=O)ccc1OCC(=O)N(C)C. The highest BCUT2D eigenvalue weighted by atomic mass is 16.5. The van der Waals surface area contributed by atoms with Gasteiger partial charge in [-0.05, 0) is 48.7 Å². The molecule has 4 amide bonds. The molecule has 2 heterocycles. The number of carbonyl (C=O) groups excluding carboxylic acids is 4. The van der Waals surface area contributed by atoms with E-state index < -0.39 is 5.91 Å². The summed E-state index contributed by atoms with van der Waals surface area (Å²) in [6.45, 7) is 0.931. The first-order chi connectivity index (χ1) is 17.3. The van der Waals surface area contributed by atoms with Crippen LogP contribution in [0.3, 0.4) is 0 Å². The van der Waals surface area contributed by atoms with Crippen molar-refractivity contribution in [3.05, 3.63) is 58.7 Å². The van der Waals surface area contributed by atoms with Gasteiger partial charge in [-0.1, -0.05) is 6.07 Å². The maximum absolute atomic E-state index is 12.9. The van der Waals surface area contributed by atoms with Gasteiger partial charge in [0.2, 0.25) is 0 Å². The van der Waals surface area contributed by atoms with Crippen LogP contribution in [-0.2, 0) is 16.1 Å². The molecule has 0 saturated carbocycles. The molecule has 36 heavy (non-hydrogen) atoms. The highest BCUT2D eigenvalue weighted by Gasteiger charge is 2.37. The summed E-state index contributed by atoms with van der Waals surface area (Å²) < 4.78 is 16.5. The summed E-state index contributed by atoms with van der Waals surface area (Å²) in [7, 11) is 4.78. The summed E-state index contributed by atoms with van der Waals surface area (Å²) in [6, 6.07) is 9.65. The molecule has 0 aromatic heterocycles. The number of hydrogen-bond acceptors (Lipinski definition) is 7. The number of likely N-dealkylation sites (N-methyl/N-ethyl adjacent to an activating group) is 1. The Bertz CT molecular complexity index is 1190. The zero-order valence-electron chi connectivity index (χ0n) is 20.5. The predicted molar refractivity (Wildman–Crippen MR) is 129 cm³/mol. The van der Waals surface area contributed by atoms with Crippen LogP contribution in [0.1, 0.15) is 49.5 Å². The van der Waals surface area contributed by atoms with Crippen LogP contribution in [0.2, 0.25) is 0 Å². The molecule has 0 bridgehead atoms. The minimum atomic E-state index is -0.409. The first-order valence-corrected chi connectivity index (χ1v) is 11.7. The number of amides is 4. The average Bonchev–Trinajstić information content (AvgIpc) is 3.48. The van der Waals surface area contributed by atoms with Gasteiger partial charge in [-0.3, -0.25) is 24.1 Å². The van der Waals surface area contributed by atoms with Gasteiger partial charge in [0, 0.05) is 32.8 Å². The van der Waals surface area contributed by atoms with Crippen molar-refractivity contribution in [1.29, 1.82) is 0 Å². The van der Waals surface area contributed by atoms with Crippen molar-refractivity contribution in [1.82, 2.24) is 15.1 Å². The Morgan fingerprint density at radius 3 is 2.56 bits per heavy atom. The summed E-state index contributed by atoms with van der Waals surface area (Å²) in [5, 5.41) is 2.81. The Hall–Kier alpha value is -3.92. The third kappa shape index (κ3) is 5.33. The molecule has 10 nitrogen and oxygen atoms in total. The fourth-order valence-electron chi connectivity index (χ4n) is 4.08. The topological polar surface area (TPSA) is 114 Å². The lowest BCUT2D eigenvalue weighted by molar-refractivity contribution is -0.130. The van der Waals surface area contributed by atoms with Gasteiger partial charge in [0.15, 0.2) is 18.1 Å². The molecule has 0 spiro atoms. The lowest BCUT2D eigenvalue weighted by Gasteiger charge is -2.17. The highest BCUT2D eigenvalue weighted by molar-refractivity contribution is 6.22. The van der Waals surface area contributed by atoms with E-state index in [9.17, 15) is 19.2 Å². The van der Waals surface area contributed by atoms with Crippen LogP contribution in [-0.4, -0.2) is 80.5 Å². The highest BCUT2D eigenvalue weighted by Crippen LogP contribution is 2.29. The van der Waals surface area contributed by atoms with E-state index in [1.807, 2.05) is 0 Å². The van der Waals surface area contributed by atoms with Crippen LogP contribution in [0.4, 0.5) is 0 Å². The molecule has 2 aliphatic rings. The molecule has 190 valence electrons. The summed E-state index contributed by atoms with van der Waals surface area (Å²) in [4.78, 5) is 52.7. The predicted octanol–water partition coefficient (Wildman–Crippen LogP) is 1.87. The van der Waals surface area contributed by atoms with E-state index in [4.69, 9.17) is 14.2 Å². The van der Waals surface area contributed by atoms with E-state index in [0.717, 1.165) is 18.4 Å². The van der Waals surface area contributed by atoms with Crippen molar-refractivity contribution in [2.24, 2.45) is 0 Å². The zero-order valence-corrected chi connectivity index (χ0v) is 20.5. The molecule has 0 aliphatic carbocycles. The number of ether oxygens (including phenoxy) is 3. The van der Waals surface area contributed by atoms with E-state index in [1.165, 1.54) is 35.1 Å². The van der Waals surface area contributed by atoms with Gasteiger partial charge in [0.05, 0.1) is 30.9 Å². The molecule has 1 unspecified atom stereocenters. The van der Waals surface area contributed by atoms with Crippen molar-refractivity contribution in [3.63, 3.8) is 0 Å². The number of fused-ring (bicyclic) bond motifs is 1. The average molecular weight is 496 g/mol. The Labute approximate surface area is 209 Å². The van der Waals surface area contributed by atoms with Gasteiger partial charge in [0.1, 0.15) is 0 Å². The molecule has 0 radical (unpaired) electrons. The molecule has 4 rings (SSSR count). The first kappa shape index (κ1) is 25.2. The monoisotopic (exact) mass is 495 g/mol. The van der Waals surface area contributed by atoms with Crippen LogP contribution in [0.25, 0.3) is 0 Å². The molecular formula is C26H29N3O7. The van der Waals surface area contributed by atoms with Crippen LogP contribution >= 0.6 is 0 Å². The summed E-state index contributed by atoms with van der Waals surface area (Å²) in [6.07, 6.45) is 1.58. The zero-order chi connectivity index (χ0) is 25.8. The standard InChI is InChI=1S/C26H29N3O7/c1-28(2)23(30)15-36-21-9-6-16(11-22(21)34-3)13-27-24(31)17-7-8-19-20(12-17)26(33)29(25(19)32)14-18-5-4-10-35-18/h6-9,11-12,18H,4-5,10,13-15H2,1-3H3,(H,27,31). The van der Waals surface area contributed by atoms with Crippen molar-refractivity contribution in [3.8, 4) is 11.5 Å². The molecule has 2 aromatic rings. The molecule has 1 saturated heterocycles. The number of nitrogens with one attached hydrogen (secondary N) is 1. The van der Waals surface area contributed by atoms with Crippen molar-refractivity contribution >= 4 is 23.6 Å². The first-order valence-electron chi connectivity index (χ1n) is 11.7. The molecule has 10 heteroatoms. The van der Waals surface area contributed by atoms with E-state index >= 15 is 0 Å². The van der Waals surface area contributed by atoms with Gasteiger partial charge in [0.25, 0.3) is 23.6 Å². The largest absolute Gasteiger partial charge is 0.493 e. The quantitative estimate of drug-likeness (QED) is 0.528. The van der Waals surface area contributed by atoms with Crippen LogP contribution < -0.4 is 14.8 Å². The number of imide groups is 1. The van der Waals surface area contributed by atoms with E-state index in [-0.39, 0.29) is 54.6 Å². The normalized spacial score (nSPS) is 16.6. The lowest BCUT2D eigenvalue weighted by atomic mass is 10.1. The Balaban J connectivity index is 1.39. The van der Waals surface area contributed by atoms with Crippen LogP contribution in [0.15, 0.2) is 36.4 Å². The molecule has 2 aromatic carbocycles. The Morgan fingerprint density at radius 2 is 1.86 bits per heavy atom. The molecular weight excluding hydrogens is 466 g/mol. The number of methoxy groups -OCH3 is 1. The number of nitrogens with zero attached hydrogens (tertiary/aromatic N) is 2. The van der Waals surface area contributed by atoms with Crippen molar-refractivity contribution in [2.75, 3.05) is 41.0 Å². The maximum Gasteiger partial charge on any atom is 0.261 e. The second-order valence-corrected chi connectivity index (χ2v) is 8.86. The van der Waals surface area contributed by atoms with E-state index in [1.54, 1.807) is 32.3 Å². The molecule has 1 N–H and O–H groups in total. The third-order valence-corrected chi connectivity index (χ3v) is 6.17. The molecule has 1 atom stereocenters. The third-order valence-electron chi connectivity index (χ3n) is 6.17. The number of benzene rings is 2. The van der Waals surface area contributed by atoms with Gasteiger partial charge in [-0.2, -0.15) is 0 Å². The van der Waals surface area contributed by atoms with Gasteiger partial charge in [-0.15, -0.1) is 0 Å². The minimum Gasteiger partial charge on any atom is -0.493 e. The lowest BCUT2D eigenvalue weighted by Crippen LogP contribution is -2.36. The minimum absolute atomic E-state index is 0.121. The molecule has 1 fully saturated rings. The number of hydrogen-bond donors (Lipinski definition) is 1.